The summed E-state index contributed by atoms with van der Waals surface area (Å²) in [4.78, 5) is 9.72. The number of rotatable bonds is 22. The van der Waals surface area contributed by atoms with Crippen LogP contribution in [0.3, 0.4) is 0 Å². The number of halogens is 15. The summed E-state index contributed by atoms with van der Waals surface area (Å²) in [5.41, 5.74) is 10.6. The fourth-order valence-electron chi connectivity index (χ4n) is 3.50. The average molecular weight is 774 g/mol. The molecule has 0 aliphatic rings. The van der Waals surface area contributed by atoms with Crippen LogP contribution in [-0.4, -0.2) is 79.5 Å². The number of carbonyl (C=O) groups is 1. The van der Waals surface area contributed by atoms with Gasteiger partial charge in [0.25, 0.3) is 0 Å². The van der Waals surface area contributed by atoms with Gasteiger partial charge in [-0.05, 0) is 45.9 Å². The molecule has 0 amide bonds. The maximum atomic E-state index is 12.8. The number of unbranched alkanes of at least 4 members (excludes halogenated alkanes) is 12. The van der Waals surface area contributed by atoms with Crippen molar-refractivity contribution in [3.8, 4) is 0 Å². The molecule has 0 aliphatic carbocycles. The molecule has 0 atom stereocenters. The third-order valence-corrected chi connectivity index (χ3v) is 6.74. The van der Waals surface area contributed by atoms with Crippen LogP contribution in [0.15, 0.2) is 0 Å². The van der Waals surface area contributed by atoms with E-state index in [1.165, 1.54) is 103 Å². The molecule has 6 N–H and O–H groups in total. The van der Waals surface area contributed by atoms with E-state index >= 15 is 0 Å². The zero-order valence-electron chi connectivity index (χ0n) is 28.9. The van der Waals surface area contributed by atoms with Crippen molar-refractivity contribution in [1.82, 2.24) is 5.32 Å². The van der Waals surface area contributed by atoms with Gasteiger partial charge in [0.2, 0.25) is 0 Å². The number of carboxylic acids is 1. The highest BCUT2D eigenvalue weighted by molar-refractivity contribution is 5.77. The Balaban J connectivity index is -0.000000342. The summed E-state index contributed by atoms with van der Waals surface area (Å²) in [6, 6.07) is 0. The summed E-state index contributed by atoms with van der Waals surface area (Å²) in [5, 5.41) is 10.7. The third kappa shape index (κ3) is 17.2. The van der Waals surface area contributed by atoms with Gasteiger partial charge in [-0.2, -0.15) is 65.9 Å². The van der Waals surface area contributed by atoms with Gasteiger partial charge in [-0.3, -0.25) is 0 Å². The van der Waals surface area contributed by atoms with Crippen molar-refractivity contribution in [2.24, 2.45) is 11.5 Å². The molecule has 50 heavy (non-hydrogen) atoms. The number of nitrogens with two attached hydrogens (primary N) is 2. The highest BCUT2D eigenvalue weighted by atomic mass is 19.4. The molecule has 0 unspecified atom stereocenters. The van der Waals surface area contributed by atoms with E-state index in [4.69, 9.17) is 16.6 Å². The first kappa shape index (κ1) is 55.1. The lowest BCUT2D eigenvalue weighted by molar-refractivity contribution is -0.450. The van der Waals surface area contributed by atoms with Gasteiger partial charge < -0.3 is 21.9 Å². The van der Waals surface area contributed by atoms with Crippen molar-refractivity contribution in [1.29, 1.82) is 0 Å². The molecular formula is C30H54F15N3O2. The minimum atomic E-state index is -8.47. The fourth-order valence-corrected chi connectivity index (χ4v) is 3.50. The highest BCUT2D eigenvalue weighted by Crippen LogP contribution is 2.62. The van der Waals surface area contributed by atoms with Crippen LogP contribution in [0.5, 0.6) is 0 Å². The number of hydrogen-bond acceptors (Lipinski definition) is 4. The Kier molecular flexibility index (Phi) is 28.8. The molecule has 0 aromatic heterocycles. The van der Waals surface area contributed by atoms with Gasteiger partial charge in [0, 0.05) is 0 Å². The summed E-state index contributed by atoms with van der Waals surface area (Å²) in [5.74, 6) is -52.8. The van der Waals surface area contributed by atoms with Gasteiger partial charge in [-0.15, -0.1) is 0 Å². The lowest BCUT2D eigenvalue weighted by Gasteiger charge is -2.40. The molecular weight excluding hydrogens is 719 g/mol. The minimum Gasteiger partial charge on any atom is -0.477 e. The molecule has 0 spiro atoms. The molecule has 0 aliphatic heterocycles. The van der Waals surface area contributed by atoms with Crippen LogP contribution in [0.25, 0.3) is 0 Å². The van der Waals surface area contributed by atoms with Gasteiger partial charge in [0.05, 0.1) is 0 Å². The summed E-state index contributed by atoms with van der Waals surface area (Å²) >= 11 is 0. The van der Waals surface area contributed by atoms with E-state index in [0.717, 1.165) is 13.1 Å². The first-order valence-electron chi connectivity index (χ1n) is 16.3. The van der Waals surface area contributed by atoms with Crippen LogP contribution in [0.4, 0.5) is 65.9 Å². The Morgan fingerprint density at radius 2 is 0.760 bits per heavy atom. The quantitative estimate of drug-likeness (QED) is 0.0648. The maximum Gasteiger partial charge on any atom is 0.460 e. The first-order chi connectivity index (χ1) is 22.7. The van der Waals surface area contributed by atoms with E-state index < -0.39 is 47.7 Å². The number of carboxylic acid groups (broad SMARTS) is 1. The molecule has 0 radical (unpaired) electrons. The zero-order valence-corrected chi connectivity index (χ0v) is 28.9. The van der Waals surface area contributed by atoms with Gasteiger partial charge in [0.15, 0.2) is 0 Å². The van der Waals surface area contributed by atoms with Gasteiger partial charge in [-0.1, -0.05) is 97.8 Å². The van der Waals surface area contributed by atoms with Crippen LogP contribution >= 0.6 is 0 Å². The molecule has 0 aromatic carbocycles. The van der Waals surface area contributed by atoms with Crippen LogP contribution in [0, 0.1) is 0 Å². The van der Waals surface area contributed by atoms with Crippen molar-refractivity contribution in [2.45, 2.75) is 159 Å². The van der Waals surface area contributed by atoms with Crippen LogP contribution in [0.2, 0.25) is 0 Å². The molecule has 0 aromatic rings. The summed E-state index contributed by atoms with van der Waals surface area (Å²) in [6.07, 6.45) is 12.4. The summed E-state index contributed by atoms with van der Waals surface area (Å²) in [6.45, 7) is 9.61. The Bertz CT molecular complexity index is 815. The molecule has 5 nitrogen and oxygen atoms in total. The number of alkyl halides is 15. The molecule has 0 saturated carbocycles. The molecule has 0 saturated heterocycles. The van der Waals surface area contributed by atoms with Gasteiger partial charge in [-0.25, -0.2) is 4.79 Å². The van der Waals surface area contributed by atoms with Crippen LogP contribution < -0.4 is 16.8 Å². The predicted octanol–water partition coefficient (Wildman–Crippen LogP) is 10.5. The Morgan fingerprint density at radius 1 is 0.480 bits per heavy atom. The normalized spacial score (nSPS) is 13.0. The second-order valence-electron chi connectivity index (χ2n) is 11.2. The molecule has 306 valence electrons. The van der Waals surface area contributed by atoms with Crippen molar-refractivity contribution in [2.75, 3.05) is 26.7 Å². The van der Waals surface area contributed by atoms with E-state index in [0.29, 0.717) is 0 Å². The standard InChI is InChI=1S/C8HF15O2.C8H19N.2C7H17N/c9-2(10,1(24)25)3(11,12)4(13,14)5(15,16)6(17,18)7(19,20)8(21,22)23;1-3-4-5-6-7-8-9-2;2*1-2-3-4-5-6-7-8/h(H,24,25);9H,3-8H2,1-2H3;2*2-8H2,1H3. The molecule has 0 heterocycles. The number of hydrogen-bond donors (Lipinski definition) is 4. The Labute approximate surface area is 284 Å². The molecule has 20 heteroatoms. The molecule has 0 fully saturated rings. The van der Waals surface area contributed by atoms with E-state index in [9.17, 15) is 70.7 Å². The van der Waals surface area contributed by atoms with E-state index in [-0.39, 0.29) is 0 Å². The third-order valence-electron chi connectivity index (χ3n) is 6.74. The lowest BCUT2D eigenvalue weighted by Crippen LogP contribution is -2.73. The minimum absolute atomic E-state index is 0.865. The maximum absolute atomic E-state index is 12.8. The number of aliphatic carboxylic acids is 1. The van der Waals surface area contributed by atoms with Crippen molar-refractivity contribution >= 4 is 5.97 Å². The van der Waals surface area contributed by atoms with E-state index in [1.54, 1.807) is 0 Å². The Morgan fingerprint density at radius 3 is 1.02 bits per heavy atom. The summed E-state index contributed by atoms with van der Waals surface area (Å²) < 4.78 is 187. The van der Waals surface area contributed by atoms with Crippen molar-refractivity contribution in [3.63, 3.8) is 0 Å². The predicted molar refractivity (Wildman–Crippen MR) is 162 cm³/mol. The SMILES string of the molecule is CCCCCCCN.CCCCCCCN.CCCCCCCNC.O=C(O)C(F)(F)C(F)(F)C(F)(F)C(F)(F)C(F)(F)C(F)(F)C(F)(F)F. The van der Waals surface area contributed by atoms with Crippen LogP contribution in [-0.2, 0) is 4.79 Å². The van der Waals surface area contributed by atoms with Gasteiger partial charge in [0.1, 0.15) is 0 Å². The average Bonchev–Trinajstić information content (AvgIpc) is 3.01. The molecule has 0 rings (SSSR count). The fraction of sp³-hybridized carbons (Fsp3) is 0.967. The highest BCUT2D eigenvalue weighted by Gasteiger charge is 2.94. The topological polar surface area (TPSA) is 101 Å². The van der Waals surface area contributed by atoms with E-state index in [1.807, 2.05) is 7.05 Å². The van der Waals surface area contributed by atoms with Gasteiger partial charge >= 0.3 is 47.7 Å². The Hall–Kier alpha value is -1.70. The second-order valence-corrected chi connectivity index (χ2v) is 11.2. The summed E-state index contributed by atoms with van der Waals surface area (Å²) in [7, 11) is 2.01. The van der Waals surface area contributed by atoms with Crippen molar-refractivity contribution in [3.05, 3.63) is 0 Å². The first-order valence-corrected chi connectivity index (χ1v) is 16.3. The van der Waals surface area contributed by atoms with Crippen LogP contribution in [0.1, 0.15) is 117 Å². The lowest BCUT2D eigenvalue weighted by atomic mass is 9.91. The van der Waals surface area contributed by atoms with Crippen molar-refractivity contribution < 1.29 is 75.8 Å². The smallest absolute Gasteiger partial charge is 0.460 e. The zero-order chi connectivity index (χ0) is 40.5. The molecule has 0 bridgehead atoms. The number of nitrogens with one attached hydrogen (secondary N) is 1. The largest absolute Gasteiger partial charge is 0.477 e. The van der Waals surface area contributed by atoms with E-state index in [2.05, 4.69) is 26.1 Å². The second kappa shape index (κ2) is 26.1. The monoisotopic (exact) mass is 773 g/mol.